The molecule has 1 amide bonds. The van der Waals surface area contributed by atoms with E-state index in [1.54, 1.807) is 24.3 Å². The summed E-state index contributed by atoms with van der Waals surface area (Å²) in [6, 6.07) is 10.9. The molecule has 0 heterocycles. The van der Waals surface area contributed by atoms with Gasteiger partial charge in [0.25, 0.3) is 11.6 Å². The SMILES string of the molecule is CNc1ccc(C(=O)O[C@H](C)C(=O)NCc2ccccc2Cl)cc1[N+](=O)[O-]. The molecule has 0 bridgehead atoms. The van der Waals surface area contributed by atoms with Crippen LogP contribution in [0.2, 0.25) is 5.02 Å². The largest absolute Gasteiger partial charge is 0.449 e. The van der Waals surface area contributed by atoms with Gasteiger partial charge in [0, 0.05) is 24.7 Å². The molecule has 9 heteroatoms. The minimum atomic E-state index is -1.08. The van der Waals surface area contributed by atoms with E-state index in [0.29, 0.717) is 5.02 Å². The summed E-state index contributed by atoms with van der Waals surface area (Å²) in [5.74, 6) is -1.34. The number of rotatable bonds is 7. The van der Waals surface area contributed by atoms with Gasteiger partial charge in [0.1, 0.15) is 5.69 Å². The number of benzene rings is 2. The number of carbonyl (C=O) groups is 2. The Kier molecular flexibility index (Phi) is 6.73. The number of amides is 1. The molecule has 0 fully saturated rings. The predicted molar refractivity (Wildman–Crippen MR) is 101 cm³/mol. The van der Waals surface area contributed by atoms with Gasteiger partial charge in [-0.25, -0.2) is 4.79 Å². The maximum atomic E-state index is 12.2. The number of nitro benzene ring substituents is 1. The highest BCUT2D eigenvalue weighted by molar-refractivity contribution is 6.31. The van der Waals surface area contributed by atoms with Crippen molar-refractivity contribution in [3.05, 3.63) is 68.7 Å². The summed E-state index contributed by atoms with van der Waals surface area (Å²) in [6.45, 7) is 1.60. The van der Waals surface area contributed by atoms with Crippen LogP contribution < -0.4 is 10.6 Å². The van der Waals surface area contributed by atoms with Crippen LogP contribution in [0.25, 0.3) is 0 Å². The van der Waals surface area contributed by atoms with Crippen molar-refractivity contribution < 1.29 is 19.2 Å². The molecule has 2 N–H and O–H groups in total. The number of carbonyl (C=O) groups excluding carboxylic acids is 2. The number of nitrogens with one attached hydrogen (secondary N) is 2. The highest BCUT2D eigenvalue weighted by Crippen LogP contribution is 2.25. The third-order valence-corrected chi connectivity index (χ3v) is 4.13. The van der Waals surface area contributed by atoms with Gasteiger partial charge in [-0.15, -0.1) is 0 Å². The van der Waals surface area contributed by atoms with E-state index in [9.17, 15) is 19.7 Å². The van der Waals surface area contributed by atoms with Gasteiger partial charge in [-0.1, -0.05) is 29.8 Å². The molecule has 0 radical (unpaired) electrons. The Labute approximate surface area is 160 Å². The molecule has 0 aliphatic carbocycles. The van der Waals surface area contributed by atoms with E-state index in [0.717, 1.165) is 11.6 Å². The fourth-order valence-corrected chi connectivity index (χ4v) is 2.47. The van der Waals surface area contributed by atoms with E-state index in [-0.39, 0.29) is 23.5 Å². The van der Waals surface area contributed by atoms with E-state index < -0.39 is 22.9 Å². The first kappa shape index (κ1) is 20.2. The van der Waals surface area contributed by atoms with Gasteiger partial charge < -0.3 is 15.4 Å². The number of anilines is 1. The van der Waals surface area contributed by atoms with Crippen LogP contribution in [0.15, 0.2) is 42.5 Å². The van der Waals surface area contributed by atoms with Gasteiger partial charge >= 0.3 is 5.97 Å². The van der Waals surface area contributed by atoms with Crippen molar-refractivity contribution in [1.82, 2.24) is 5.32 Å². The van der Waals surface area contributed by atoms with E-state index in [1.165, 1.54) is 26.1 Å². The highest BCUT2D eigenvalue weighted by atomic mass is 35.5. The molecule has 142 valence electrons. The first-order chi connectivity index (χ1) is 12.8. The average Bonchev–Trinajstić information content (AvgIpc) is 2.66. The Bertz CT molecular complexity index is 872. The summed E-state index contributed by atoms with van der Waals surface area (Å²) in [5.41, 5.74) is 0.709. The topological polar surface area (TPSA) is 111 Å². The average molecular weight is 392 g/mol. The van der Waals surface area contributed by atoms with Crippen LogP contribution in [0.4, 0.5) is 11.4 Å². The highest BCUT2D eigenvalue weighted by Gasteiger charge is 2.22. The van der Waals surface area contributed by atoms with Gasteiger partial charge in [-0.2, -0.15) is 0 Å². The van der Waals surface area contributed by atoms with Crippen molar-refractivity contribution in [3.8, 4) is 0 Å². The molecule has 1 atom stereocenters. The van der Waals surface area contributed by atoms with E-state index in [1.807, 2.05) is 0 Å². The molecule has 2 aromatic rings. The van der Waals surface area contributed by atoms with Crippen LogP contribution in [0, 0.1) is 10.1 Å². The molecule has 0 aromatic heterocycles. The minimum absolute atomic E-state index is 0.0218. The number of halogens is 1. The Morgan fingerprint density at radius 2 is 1.96 bits per heavy atom. The molecular formula is C18H18ClN3O5. The predicted octanol–water partition coefficient (Wildman–Crippen LogP) is 3.15. The van der Waals surface area contributed by atoms with Crippen molar-refractivity contribution in [1.29, 1.82) is 0 Å². The summed E-state index contributed by atoms with van der Waals surface area (Å²) >= 11 is 6.02. The molecule has 0 spiro atoms. The van der Waals surface area contributed by atoms with Gasteiger partial charge in [0.2, 0.25) is 0 Å². The first-order valence-electron chi connectivity index (χ1n) is 8.01. The normalized spacial score (nSPS) is 11.4. The second-order valence-corrected chi connectivity index (χ2v) is 6.00. The lowest BCUT2D eigenvalue weighted by Crippen LogP contribution is -2.35. The van der Waals surface area contributed by atoms with Gasteiger partial charge in [-0.05, 0) is 30.7 Å². The summed E-state index contributed by atoms with van der Waals surface area (Å²) in [6.07, 6.45) is -1.08. The maximum Gasteiger partial charge on any atom is 0.339 e. The number of nitrogens with zero attached hydrogens (tertiary/aromatic N) is 1. The number of hydrogen-bond donors (Lipinski definition) is 2. The fourth-order valence-electron chi connectivity index (χ4n) is 2.27. The minimum Gasteiger partial charge on any atom is -0.449 e. The summed E-state index contributed by atoms with van der Waals surface area (Å²) < 4.78 is 5.10. The molecule has 0 aliphatic heterocycles. The zero-order chi connectivity index (χ0) is 20.0. The Hall–Kier alpha value is -3.13. The zero-order valence-electron chi connectivity index (χ0n) is 14.7. The number of esters is 1. The Balaban J connectivity index is 2.00. The quantitative estimate of drug-likeness (QED) is 0.426. The molecule has 0 aliphatic rings. The fraction of sp³-hybridized carbons (Fsp3) is 0.222. The number of hydrogen-bond acceptors (Lipinski definition) is 6. The molecule has 0 unspecified atom stereocenters. The van der Waals surface area contributed by atoms with Crippen molar-refractivity contribution in [2.75, 3.05) is 12.4 Å². The summed E-state index contributed by atoms with van der Waals surface area (Å²) in [4.78, 5) is 34.8. The second kappa shape index (κ2) is 9.00. The number of nitro groups is 1. The van der Waals surface area contributed by atoms with Gasteiger partial charge in [0.05, 0.1) is 10.5 Å². The van der Waals surface area contributed by atoms with Crippen molar-refractivity contribution in [3.63, 3.8) is 0 Å². The number of ether oxygens (including phenoxy) is 1. The van der Waals surface area contributed by atoms with Crippen molar-refractivity contribution in [2.24, 2.45) is 0 Å². The lowest BCUT2D eigenvalue weighted by molar-refractivity contribution is -0.384. The molecule has 2 rings (SSSR count). The second-order valence-electron chi connectivity index (χ2n) is 5.60. The zero-order valence-corrected chi connectivity index (χ0v) is 15.4. The van der Waals surface area contributed by atoms with Crippen LogP contribution in [0.1, 0.15) is 22.8 Å². The summed E-state index contributed by atoms with van der Waals surface area (Å²) in [5, 5.41) is 16.9. The van der Waals surface area contributed by atoms with Gasteiger partial charge in [-0.3, -0.25) is 14.9 Å². The van der Waals surface area contributed by atoms with Crippen molar-refractivity contribution >= 4 is 34.9 Å². The standard InChI is InChI=1S/C18H18ClN3O5/c1-11(17(23)21-10-13-5-3-4-6-14(13)19)27-18(24)12-7-8-15(20-2)16(9-12)22(25)26/h3-9,11,20H,10H2,1-2H3,(H,21,23)/t11-/m1/s1. The smallest absolute Gasteiger partial charge is 0.339 e. The Morgan fingerprint density at radius 1 is 1.26 bits per heavy atom. The molecule has 0 saturated heterocycles. The van der Waals surface area contributed by atoms with Crippen LogP contribution in [0.5, 0.6) is 0 Å². The molecule has 2 aromatic carbocycles. The van der Waals surface area contributed by atoms with Crippen LogP contribution in [-0.4, -0.2) is 30.0 Å². The summed E-state index contributed by atoms with van der Waals surface area (Å²) in [7, 11) is 1.53. The van der Waals surface area contributed by atoms with Crippen LogP contribution >= 0.6 is 11.6 Å². The Morgan fingerprint density at radius 3 is 2.59 bits per heavy atom. The van der Waals surface area contributed by atoms with E-state index in [4.69, 9.17) is 16.3 Å². The van der Waals surface area contributed by atoms with Gasteiger partial charge in [0.15, 0.2) is 6.10 Å². The van der Waals surface area contributed by atoms with E-state index >= 15 is 0 Å². The van der Waals surface area contributed by atoms with Crippen LogP contribution in [0.3, 0.4) is 0 Å². The monoisotopic (exact) mass is 391 g/mol. The molecule has 27 heavy (non-hydrogen) atoms. The third-order valence-electron chi connectivity index (χ3n) is 3.76. The molecule has 0 saturated carbocycles. The van der Waals surface area contributed by atoms with Crippen LogP contribution in [-0.2, 0) is 16.1 Å². The third kappa shape index (κ3) is 5.18. The van der Waals surface area contributed by atoms with Crippen molar-refractivity contribution in [2.45, 2.75) is 19.6 Å². The van der Waals surface area contributed by atoms with E-state index in [2.05, 4.69) is 10.6 Å². The first-order valence-corrected chi connectivity index (χ1v) is 8.39. The molecular weight excluding hydrogens is 374 g/mol. The maximum absolute atomic E-state index is 12.2. The lowest BCUT2D eigenvalue weighted by Gasteiger charge is -2.14. The lowest BCUT2D eigenvalue weighted by atomic mass is 10.1. The molecule has 8 nitrogen and oxygen atoms in total.